The van der Waals surface area contributed by atoms with E-state index < -0.39 is 7.05 Å². The standard InChI is InChI=1S/C17H18BN3O2/c1-12(20-18(2)23)16-19-15-11-7-6-10-14(15)17(22)21(16)13-8-4-3-5-9-13/h3-12,20,23H,1-2H3/t12-/m0/s1. The Bertz CT molecular complexity index is 878. The van der Waals surface area contributed by atoms with E-state index in [0.717, 1.165) is 5.69 Å². The molecule has 3 rings (SSSR count). The fourth-order valence-corrected chi connectivity index (χ4v) is 2.70. The number of nitrogens with zero attached hydrogens (tertiary/aromatic N) is 2. The van der Waals surface area contributed by atoms with Gasteiger partial charge in [-0.25, -0.2) is 4.98 Å². The van der Waals surface area contributed by atoms with E-state index in [1.807, 2.05) is 55.5 Å². The van der Waals surface area contributed by atoms with Crippen LogP contribution in [-0.2, 0) is 0 Å². The van der Waals surface area contributed by atoms with Crippen LogP contribution in [0.15, 0.2) is 59.4 Å². The largest absolute Gasteiger partial charge is 0.437 e. The normalized spacial score (nSPS) is 12.3. The van der Waals surface area contributed by atoms with Crippen LogP contribution < -0.4 is 10.8 Å². The first-order chi connectivity index (χ1) is 11.1. The van der Waals surface area contributed by atoms with E-state index in [2.05, 4.69) is 10.2 Å². The van der Waals surface area contributed by atoms with Crippen LogP contribution in [0.2, 0.25) is 6.82 Å². The number of hydrogen-bond acceptors (Lipinski definition) is 4. The maximum Gasteiger partial charge on any atom is 0.374 e. The van der Waals surface area contributed by atoms with Crippen molar-refractivity contribution in [3.05, 3.63) is 70.8 Å². The molecule has 2 N–H and O–H groups in total. The number of para-hydroxylation sites is 2. The molecule has 0 aliphatic carbocycles. The van der Waals surface area contributed by atoms with Crippen molar-refractivity contribution in [2.75, 3.05) is 0 Å². The minimum atomic E-state index is -0.697. The van der Waals surface area contributed by atoms with Gasteiger partial charge in [-0.15, -0.1) is 0 Å². The molecule has 2 aromatic carbocycles. The molecular weight excluding hydrogens is 289 g/mol. The Labute approximate surface area is 134 Å². The van der Waals surface area contributed by atoms with Gasteiger partial charge in [-0.2, -0.15) is 0 Å². The third kappa shape index (κ3) is 3.04. The van der Waals surface area contributed by atoms with E-state index in [-0.39, 0.29) is 11.6 Å². The highest BCUT2D eigenvalue weighted by atomic mass is 16.2. The summed E-state index contributed by atoms with van der Waals surface area (Å²) in [4.78, 5) is 17.6. The van der Waals surface area contributed by atoms with Gasteiger partial charge in [0.1, 0.15) is 5.82 Å². The first kappa shape index (κ1) is 15.5. The van der Waals surface area contributed by atoms with Crippen molar-refractivity contribution in [1.82, 2.24) is 14.8 Å². The summed E-state index contributed by atoms with van der Waals surface area (Å²) in [5.74, 6) is 0.570. The molecule has 0 aliphatic rings. The first-order valence-electron chi connectivity index (χ1n) is 7.59. The molecular formula is C17H18BN3O2. The van der Waals surface area contributed by atoms with Gasteiger partial charge in [0.2, 0.25) is 0 Å². The van der Waals surface area contributed by atoms with E-state index in [9.17, 15) is 9.82 Å². The molecule has 0 saturated heterocycles. The molecule has 1 atom stereocenters. The average molecular weight is 307 g/mol. The summed E-state index contributed by atoms with van der Waals surface area (Å²) in [7, 11) is -0.697. The molecule has 0 spiro atoms. The topological polar surface area (TPSA) is 67.2 Å². The molecule has 1 heterocycles. The van der Waals surface area contributed by atoms with Crippen LogP contribution in [0, 0.1) is 0 Å². The van der Waals surface area contributed by atoms with Crippen LogP contribution >= 0.6 is 0 Å². The van der Waals surface area contributed by atoms with Gasteiger partial charge in [-0.1, -0.05) is 30.3 Å². The van der Waals surface area contributed by atoms with Gasteiger partial charge < -0.3 is 10.3 Å². The molecule has 116 valence electrons. The third-order valence-corrected chi connectivity index (χ3v) is 3.69. The van der Waals surface area contributed by atoms with E-state index in [1.165, 1.54) is 0 Å². The van der Waals surface area contributed by atoms with Crippen molar-refractivity contribution in [3.8, 4) is 5.69 Å². The second-order valence-electron chi connectivity index (χ2n) is 5.53. The van der Waals surface area contributed by atoms with E-state index >= 15 is 0 Å². The van der Waals surface area contributed by atoms with Gasteiger partial charge in [-0.3, -0.25) is 9.36 Å². The van der Waals surface area contributed by atoms with E-state index in [1.54, 1.807) is 17.5 Å². The fraction of sp³-hybridized carbons (Fsp3) is 0.176. The van der Waals surface area contributed by atoms with Gasteiger partial charge in [0.05, 0.1) is 22.6 Å². The molecule has 3 aromatic rings. The molecule has 1 aromatic heterocycles. The SMILES string of the molecule is CB(O)N[C@@H](C)c1nc2ccccc2c(=O)n1-c1ccccc1. The highest BCUT2D eigenvalue weighted by Crippen LogP contribution is 2.17. The minimum absolute atomic E-state index is 0.115. The predicted octanol–water partition coefficient (Wildman–Crippen LogP) is 2.15. The quantitative estimate of drug-likeness (QED) is 0.725. The molecule has 0 fully saturated rings. The first-order valence-corrected chi connectivity index (χ1v) is 7.59. The van der Waals surface area contributed by atoms with Gasteiger partial charge in [0.15, 0.2) is 0 Å². The number of aromatic nitrogens is 2. The Hall–Kier alpha value is -2.44. The average Bonchev–Trinajstić information content (AvgIpc) is 2.55. The highest BCUT2D eigenvalue weighted by Gasteiger charge is 2.19. The molecule has 6 heteroatoms. The predicted molar refractivity (Wildman–Crippen MR) is 92.7 cm³/mol. The number of rotatable bonds is 4. The zero-order valence-electron chi connectivity index (χ0n) is 13.1. The second-order valence-corrected chi connectivity index (χ2v) is 5.53. The Morgan fingerprint density at radius 3 is 2.48 bits per heavy atom. The van der Waals surface area contributed by atoms with E-state index in [4.69, 9.17) is 0 Å². The smallest absolute Gasteiger partial charge is 0.374 e. The summed E-state index contributed by atoms with van der Waals surface area (Å²) in [5, 5.41) is 13.2. The van der Waals surface area contributed by atoms with Crippen LogP contribution in [-0.4, -0.2) is 21.6 Å². The molecule has 5 nitrogen and oxygen atoms in total. The third-order valence-electron chi connectivity index (χ3n) is 3.69. The Balaban J connectivity index is 2.30. The molecule has 0 amide bonds. The summed E-state index contributed by atoms with van der Waals surface area (Å²) < 4.78 is 1.60. The number of hydrogen-bond donors (Lipinski definition) is 2. The maximum absolute atomic E-state index is 13.0. The number of benzene rings is 2. The second kappa shape index (κ2) is 6.36. The van der Waals surface area contributed by atoms with Crippen LogP contribution in [0.4, 0.5) is 0 Å². The van der Waals surface area contributed by atoms with Crippen LogP contribution in [0.1, 0.15) is 18.8 Å². The van der Waals surface area contributed by atoms with Crippen molar-refractivity contribution < 1.29 is 5.02 Å². The van der Waals surface area contributed by atoms with Crippen molar-refractivity contribution >= 4 is 18.0 Å². The Morgan fingerprint density at radius 1 is 1.13 bits per heavy atom. The lowest BCUT2D eigenvalue weighted by Gasteiger charge is -2.20. The van der Waals surface area contributed by atoms with Crippen molar-refractivity contribution in [1.29, 1.82) is 0 Å². The van der Waals surface area contributed by atoms with Crippen molar-refractivity contribution in [3.63, 3.8) is 0 Å². The molecule has 0 bridgehead atoms. The van der Waals surface area contributed by atoms with Gasteiger partial charge in [-0.05, 0) is 38.0 Å². The monoisotopic (exact) mass is 307 g/mol. The summed E-state index contributed by atoms with van der Waals surface area (Å²) in [5.41, 5.74) is 1.29. The van der Waals surface area contributed by atoms with Gasteiger partial charge >= 0.3 is 7.05 Å². The summed E-state index contributed by atoms with van der Waals surface area (Å²) in [6, 6.07) is 16.4. The fourth-order valence-electron chi connectivity index (χ4n) is 2.70. The molecule has 0 unspecified atom stereocenters. The van der Waals surface area contributed by atoms with Crippen LogP contribution in [0.5, 0.6) is 0 Å². The van der Waals surface area contributed by atoms with E-state index in [0.29, 0.717) is 16.7 Å². The Kier molecular flexibility index (Phi) is 4.27. The summed E-state index contributed by atoms with van der Waals surface area (Å²) in [6.07, 6.45) is 0. The molecule has 0 saturated carbocycles. The van der Waals surface area contributed by atoms with Crippen molar-refractivity contribution in [2.45, 2.75) is 19.8 Å². The number of nitrogens with one attached hydrogen (secondary N) is 1. The Morgan fingerprint density at radius 2 is 1.78 bits per heavy atom. The zero-order chi connectivity index (χ0) is 16.4. The lowest BCUT2D eigenvalue weighted by atomic mass is 9.87. The van der Waals surface area contributed by atoms with Gasteiger partial charge in [0.25, 0.3) is 5.56 Å². The zero-order valence-corrected chi connectivity index (χ0v) is 13.1. The minimum Gasteiger partial charge on any atom is -0.437 e. The molecule has 0 radical (unpaired) electrons. The van der Waals surface area contributed by atoms with Gasteiger partial charge in [0, 0.05) is 0 Å². The van der Waals surface area contributed by atoms with Crippen LogP contribution in [0.25, 0.3) is 16.6 Å². The summed E-state index contributed by atoms with van der Waals surface area (Å²) >= 11 is 0. The molecule has 23 heavy (non-hydrogen) atoms. The highest BCUT2D eigenvalue weighted by molar-refractivity contribution is 6.45. The van der Waals surface area contributed by atoms with Crippen molar-refractivity contribution in [2.24, 2.45) is 0 Å². The lowest BCUT2D eigenvalue weighted by Crippen LogP contribution is -2.37. The number of fused-ring (bicyclic) bond motifs is 1. The summed E-state index contributed by atoms with van der Waals surface area (Å²) in [6.45, 7) is 3.52. The maximum atomic E-state index is 13.0. The van der Waals surface area contributed by atoms with Crippen LogP contribution in [0.3, 0.4) is 0 Å². The lowest BCUT2D eigenvalue weighted by molar-refractivity contribution is 0.521. The molecule has 0 aliphatic heterocycles.